The quantitative estimate of drug-likeness (QED) is 0.315. The molecular weight excluding hydrogens is 536 g/mol. The maximum absolute atomic E-state index is 13.5. The number of nitrogens with zero attached hydrogens (tertiary/aromatic N) is 4. The number of fused-ring (bicyclic) bond motifs is 2. The zero-order valence-electron chi connectivity index (χ0n) is 20.3. The van der Waals surface area contributed by atoms with Gasteiger partial charge in [-0.25, -0.2) is 9.36 Å². The highest BCUT2D eigenvalue weighted by Gasteiger charge is 2.38. The number of rotatable bonds is 5. The monoisotopic (exact) mass is 559 g/mol. The number of hydrogen-bond acceptors (Lipinski definition) is 7. The molecule has 0 bridgehead atoms. The van der Waals surface area contributed by atoms with Gasteiger partial charge in [-0.3, -0.25) is 18.3 Å². The molecule has 1 aromatic carbocycles. The number of hydrogen-bond donors (Lipinski definition) is 0. The van der Waals surface area contributed by atoms with Crippen molar-refractivity contribution in [1.29, 1.82) is 0 Å². The first kappa shape index (κ1) is 25.7. The summed E-state index contributed by atoms with van der Waals surface area (Å²) in [5.74, 6) is -0.334. The number of carbonyl (C=O) groups is 2. The lowest BCUT2D eigenvalue weighted by atomic mass is 10.2. The van der Waals surface area contributed by atoms with Crippen molar-refractivity contribution in [3.63, 3.8) is 0 Å². The average molecular weight is 560 g/mol. The van der Waals surface area contributed by atoms with Crippen molar-refractivity contribution in [3.8, 4) is 0 Å². The van der Waals surface area contributed by atoms with Gasteiger partial charge in [0.2, 0.25) is 5.91 Å². The largest absolute Gasteiger partial charge is 0.755 e. The van der Waals surface area contributed by atoms with Gasteiger partial charge < -0.3 is 14.2 Å². The smallest absolute Gasteiger partial charge is 0.419 e. The standard InChI is InChI=1S/C25H25ClN4O5S2/c1-25(2,3)35-24(32)29-18(10-15-6-8-27-13-20(15)29)14-28-9-7-19(23(28)31)30(37(33)34)22-11-16-4-5-17(26)12-21(16)36-22/h4-6,8,10-13,19H,7,9,14H2,1-3H3,(H,33,34)/p-1. The summed E-state index contributed by atoms with van der Waals surface area (Å²) in [5.41, 5.74) is 0.410. The van der Waals surface area contributed by atoms with Crippen LogP contribution in [0.25, 0.3) is 21.0 Å². The third-order valence-electron chi connectivity index (χ3n) is 6.01. The summed E-state index contributed by atoms with van der Waals surface area (Å²) in [6, 6.07) is 9.78. The molecule has 0 aliphatic carbocycles. The molecule has 194 valence electrons. The van der Waals surface area contributed by atoms with Crippen molar-refractivity contribution in [2.75, 3.05) is 10.8 Å². The van der Waals surface area contributed by atoms with Crippen LogP contribution >= 0.6 is 22.9 Å². The Kier molecular flexibility index (Phi) is 6.73. The molecular formula is C25H24ClN4O5S2-. The maximum atomic E-state index is 13.5. The Morgan fingerprint density at radius 3 is 2.78 bits per heavy atom. The third-order valence-corrected chi connectivity index (χ3v) is 8.23. The van der Waals surface area contributed by atoms with Crippen LogP contribution in [0.4, 0.5) is 9.80 Å². The van der Waals surface area contributed by atoms with E-state index < -0.39 is 29.0 Å². The van der Waals surface area contributed by atoms with E-state index in [0.29, 0.717) is 34.2 Å². The number of likely N-dealkylation sites (tertiary alicyclic amines) is 1. The fraction of sp³-hybridized carbons (Fsp3) is 0.320. The van der Waals surface area contributed by atoms with Crippen molar-refractivity contribution >= 4 is 72.2 Å². The van der Waals surface area contributed by atoms with Crippen LogP contribution in [0.1, 0.15) is 32.9 Å². The van der Waals surface area contributed by atoms with Crippen LogP contribution in [0.3, 0.4) is 0 Å². The molecule has 1 saturated heterocycles. The molecule has 9 nitrogen and oxygen atoms in total. The van der Waals surface area contributed by atoms with E-state index in [1.165, 1.54) is 15.9 Å². The second kappa shape index (κ2) is 9.71. The van der Waals surface area contributed by atoms with Crippen LogP contribution < -0.4 is 4.31 Å². The summed E-state index contributed by atoms with van der Waals surface area (Å²) in [6.45, 7) is 5.79. The number of aromatic nitrogens is 2. The number of thiophene rings is 1. The van der Waals surface area contributed by atoms with E-state index >= 15 is 0 Å². The fourth-order valence-electron chi connectivity index (χ4n) is 4.47. The zero-order chi connectivity index (χ0) is 26.5. The van der Waals surface area contributed by atoms with Crippen LogP contribution in [0.2, 0.25) is 5.02 Å². The van der Waals surface area contributed by atoms with Crippen molar-refractivity contribution in [1.82, 2.24) is 14.5 Å². The van der Waals surface area contributed by atoms with E-state index in [2.05, 4.69) is 4.98 Å². The molecule has 1 fully saturated rings. The number of ether oxygens (including phenoxy) is 1. The topological polar surface area (TPSA) is 108 Å². The molecule has 2 unspecified atom stereocenters. The zero-order valence-corrected chi connectivity index (χ0v) is 22.7. The lowest BCUT2D eigenvalue weighted by Crippen LogP contribution is -2.42. The van der Waals surface area contributed by atoms with E-state index in [4.69, 9.17) is 16.3 Å². The average Bonchev–Trinajstić information content (AvgIpc) is 3.48. The molecule has 5 rings (SSSR count). The van der Waals surface area contributed by atoms with Gasteiger partial charge in [0.25, 0.3) is 0 Å². The fourth-order valence-corrected chi connectivity index (χ4v) is 6.66. The molecule has 4 heterocycles. The third kappa shape index (κ3) is 5.08. The van der Waals surface area contributed by atoms with Gasteiger partial charge in [0.05, 0.1) is 18.3 Å². The molecule has 3 aromatic heterocycles. The molecule has 0 saturated carbocycles. The number of amides is 1. The minimum Gasteiger partial charge on any atom is -0.755 e. The van der Waals surface area contributed by atoms with Gasteiger partial charge in [-0.1, -0.05) is 17.7 Å². The Balaban J connectivity index is 1.44. The Bertz CT molecular complexity index is 1540. The van der Waals surface area contributed by atoms with Crippen LogP contribution in [0, 0.1) is 0 Å². The number of anilines is 1. The minimum atomic E-state index is -2.67. The summed E-state index contributed by atoms with van der Waals surface area (Å²) < 4.78 is 33.6. The highest BCUT2D eigenvalue weighted by atomic mass is 35.5. The molecule has 1 amide bonds. The molecule has 0 spiro atoms. The second-order valence-corrected chi connectivity index (χ2v) is 12.1. The highest BCUT2D eigenvalue weighted by Crippen LogP contribution is 2.37. The Morgan fingerprint density at radius 1 is 1.27 bits per heavy atom. The van der Waals surface area contributed by atoms with E-state index in [9.17, 15) is 18.4 Å². The van der Waals surface area contributed by atoms with Crippen molar-refractivity contribution in [2.24, 2.45) is 0 Å². The molecule has 1 aliphatic heterocycles. The van der Waals surface area contributed by atoms with Crippen LogP contribution in [0.5, 0.6) is 0 Å². The SMILES string of the molecule is CC(C)(C)OC(=O)n1c(CN2CCC(N(c3cc4ccc(Cl)cc4s3)S(=O)[O-])C2=O)cc2ccncc21. The normalized spacial score (nSPS) is 17.1. The predicted molar refractivity (Wildman–Crippen MR) is 143 cm³/mol. The second-order valence-electron chi connectivity index (χ2n) is 9.76. The van der Waals surface area contributed by atoms with E-state index in [0.717, 1.165) is 19.8 Å². The first-order chi connectivity index (χ1) is 17.5. The van der Waals surface area contributed by atoms with Crippen LogP contribution in [-0.2, 0) is 27.3 Å². The summed E-state index contributed by atoms with van der Waals surface area (Å²) in [7, 11) is 0. The van der Waals surface area contributed by atoms with Gasteiger partial charge in [0.1, 0.15) is 16.6 Å². The first-order valence-corrected chi connectivity index (χ1v) is 13.8. The van der Waals surface area contributed by atoms with Gasteiger partial charge >= 0.3 is 6.09 Å². The Labute approximate surface area is 225 Å². The van der Waals surface area contributed by atoms with Crippen molar-refractivity contribution < 1.29 is 23.1 Å². The number of carbonyl (C=O) groups excluding carboxylic acids is 2. The van der Waals surface area contributed by atoms with Gasteiger partial charge in [0, 0.05) is 44.8 Å². The molecule has 2 atom stereocenters. The Hall–Kier alpha value is -2.99. The molecule has 4 aromatic rings. The minimum absolute atomic E-state index is 0.116. The summed E-state index contributed by atoms with van der Waals surface area (Å²) in [4.78, 5) is 32.3. The predicted octanol–water partition coefficient (Wildman–Crippen LogP) is 5.09. The van der Waals surface area contributed by atoms with Crippen LogP contribution in [-0.4, -0.2) is 53.4 Å². The summed E-state index contributed by atoms with van der Waals surface area (Å²) >= 11 is 4.68. The van der Waals surface area contributed by atoms with Crippen LogP contribution in [0.15, 0.2) is 48.8 Å². The van der Waals surface area contributed by atoms with Gasteiger partial charge in [0.15, 0.2) is 0 Å². The molecule has 37 heavy (non-hydrogen) atoms. The highest BCUT2D eigenvalue weighted by molar-refractivity contribution is 7.81. The Morgan fingerprint density at radius 2 is 2.05 bits per heavy atom. The number of benzene rings is 1. The van der Waals surface area contributed by atoms with E-state index in [-0.39, 0.29) is 12.5 Å². The van der Waals surface area contributed by atoms with E-state index in [1.54, 1.807) is 62.3 Å². The lowest BCUT2D eigenvalue weighted by Gasteiger charge is -2.29. The summed E-state index contributed by atoms with van der Waals surface area (Å²) in [6.07, 6.45) is 2.95. The van der Waals surface area contributed by atoms with E-state index in [1.807, 2.05) is 12.1 Å². The molecule has 12 heteroatoms. The molecule has 1 aliphatic rings. The van der Waals surface area contributed by atoms with Gasteiger partial charge in [-0.2, -0.15) is 0 Å². The first-order valence-electron chi connectivity index (χ1n) is 11.6. The van der Waals surface area contributed by atoms with Gasteiger partial charge in [-0.15, -0.1) is 11.3 Å². The molecule has 0 N–H and O–H groups in total. The molecule has 0 radical (unpaired) electrons. The lowest BCUT2D eigenvalue weighted by molar-refractivity contribution is -0.129. The van der Waals surface area contributed by atoms with Crippen molar-refractivity contribution in [3.05, 3.63) is 59.5 Å². The van der Waals surface area contributed by atoms with Crippen molar-refractivity contribution in [2.45, 2.75) is 45.4 Å². The summed E-state index contributed by atoms with van der Waals surface area (Å²) in [5, 5.41) is 2.62. The number of pyridine rings is 1. The number of halogens is 1. The maximum Gasteiger partial charge on any atom is 0.419 e. The van der Waals surface area contributed by atoms with Gasteiger partial charge in [-0.05, 0) is 62.9 Å².